The first-order valence-corrected chi connectivity index (χ1v) is 18.9. The minimum absolute atomic E-state index is 0.554. The molecule has 0 saturated heterocycles. The lowest BCUT2D eigenvalue weighted by Crippen LogP contribution is -2.00. The summed E-state index contributed by atoms with van der Waals surface area (Å²) in [5.74, 6) is 1.70. The maximum atomic E-state index is 6.63. The number of rotatable bonds is 5. The van der Waals surface area contributed by atoms with E-state index in [1.54, 1.807) is 0 Å². The largest absolute Gasteiger partial charge is 0.456 e. The van der Waals surface area contributed by atoms with Crippen molar-refractivity contribution in [2.24, 2.45) is 0 Å². The zero-order chi connectivity index (χ0) is 37.5. The number of benzene rings is 8. The predicted octanol–water partition coefficient (Wildman–Crippen LogP) is 13.9. The minimum Gasteiger partial charge on any atom is -0.456 e. The standard InChI is InChI=1S/C51H29N3O3/c1-2-11-30(12-3-1)49-52-50(32-21-24-38-36-15-6-8-18-42(36)56-46(38)28-32)54-51(53-49)33-22-25-40-47(29-33)57-45-20-10-17-39(48(40)45)35-14-5-4-13-34(35)31-23-26-44-41(27-31)37-16-7-9-19-43(37)55-44/h1-29H. The number of fused-ring (bicyclic) bond motifs is 9. The van der Waals surface area contributed by atoms with Crippen molar-refractivity contribution < 1.29 is 13.3 Å². The van der Waals surface area contributed by atoms with Crippen LogP contribution in [0.25, 0.3) is 122 Å². The maximum Gasteiger partial charge on any atom is 0.164 e. The molecule has 4 heterocycles. The van der Waals surface area contributed by atoms with Crippen LogP contribution < -0.4 is 0 Å². The van der Waals surface area contributed by atoms with Gasteiger partial charge in [-0.2, -0.15) is 0 Å². The van der Waals surface area contributed by atoms with Gasteiger partial charge in [-0.05, 0) is 76.9 Å². The molecule has 0 spiro atoms. The number of hydrogen-bond acceptors (Lipinski definition) is 6. The van der Waals surface area contributed by atoms with Crippen LogP contribution in [0.4, 0.5) is 0 Å². The Morgan fingerprint density at radius 2 is 0.754 bits per heavy atom. The van der Waals surface area contributed by atoms with Crippen molar-refractivity contribution in [1.82, 2.24) is 15.0 Å². The SMILES string of the molecule is c1ccc(-c2nc(-c3ccc4c(c3)oc3ccccc34)nc(-c3ccc4c(c3)oc3cccc(-c5ccccc5-c5ccc6oc7ccccc7c6c5)c34)n2)cc1. The summed E-state index contributed by atoms with van der Waals surface area (Å²) in [7, 11) is 0. The summed E-state index contributed by atoms with van der Waals surface area (Å²) in [4.78, 5) is 15.0. The molecule has 0 radical (unpaired) electrons. The van der Waals surface area contributed by atoms with Gasteiger partial charge in [-0.3, -0.25) is 0 Å². The Morgan fingerprint density at radius 3 is 1.51 bits per heavy atom. The van der Waals surface area contributed by atoms with E-state index in [1.807, 2.05) is 78.9 Å². The molecule has 0 atom stereocenters. The zero-order valence-electron chi connectivity index (χ0n) is 30.3. The number of nitrogens with zero attached hydrogens (tertiary/aromatic N) is 3. The molecule has 266 valence electrons. The highest BCUT2D eigenvalue weighted by atomic mass is 16.3. The predicted molar refractivity (Wildman–Crippen MR) is 229 cm³/mol. The lowest BCUT2D eigenvalue weighted by Gasteiger charge is -2.12. The van der Waals surface area contributed by atoms with Gasteiger partial charge in [-0.1, -0.05) is 121 Å². The van der Waals surface area contributed by atoms with Crippen LogP contribution in [0.5, 0.6) is 0 Å². The molecule has 0 unspecified atom stereocenters. The lowest BCUT2D eigenvalue weighted by atomic mass is 9.91. The molecule has 0 N–H and O–H groups in total. The molecule has 0 bridgehead atoms. The van der Waals surface area contributed by atoms with Crippen LogP contribution in [0.2, 0.25) is 0 Å². The second-order valence-electron chi connectivity index (χ2n) is 14.3. The molecule has 4 aromatic heterocycles. The van der Waals surface area contributed by atoms with Gasteiger partial charge in [0.1, 0.15) is 33.5 Å². The minimum atomic E-state index is 0.554. The van der Waals surface area contributed by atoms with Crippen LogP contribution in [0.3, 0.4) is 0 Å². The van der Waals surface area contributed by atoms with Gasteiger partial charge in [0.15, 0.2) is 17.5 Å². The van der Waals surface area contributed by atoms with Gasteiger partial charge in [0.25, 0.3) is 0 Å². The third-order valence-electron chi connectivity index (χ3n) is 11.0. The van der Waals surface area contributed by atoms with Gasteiger partial charge in [0, 0.05) is 49.0 Å². The van der Waals surface area contributed by atoms with E-state index in [4.69, 9.17) is 28.2 Å². The summed E-state index contributed by atoms with van der Waals surface area (Å²) in [5.41, 5.74) is 12.0. The Kier molecular flexibility index (Phi) is 6.83. The Hall–Kier alpha value is -7.83. The van der Waals surface area contributed by atoms with Crippen LogP contribution >= 0.6 is 0 Å². The fourth-order valence-corrected chi connectivity index (χ4v) is 8.27. The van der Waals surface area contributed by atoms with Gasteiger partial charge in [-0.15, -0.1) is 0 Å². The number of aromatic nitrogens is 3. The van der Waals surface area contributed by atoms with Crippen LogP contribution in [0, 0.1) is 0 Å². The van der Waals surface area contributed by atoms with Gasteiger partial charge in [0.2, 0.25) is 0 Å². The monoisotopic (exact) mass is 731 g/mol. The highest BCUT2D eigenvalue weighted by Gasteiger charge is 2.19. The van der Waals surface area contributed by atoms with E-state index in [9.17, 15) is 0 Å². The molecular weight excluding hydrogens is 703 g/mol. The highest BCUT2D eigenvalue weighted by Crippen LogP contribution is 2.43. The van der Waals surface area contributed by atoms with E-state index in [2.05, 4.69) is 97.1 Å². The molecule has 57 heavy (non-hydrogen) atoms. The first-order valence-electron chi connectivity index (χ1n) is 18.9. The first kappa shape index (κ1) is 31.5. The average Bonchev–Trinajstić information content (AvgIpc) is 3.97. The molecule has 0 amide bonds. The Labute approximate surface area is 325 Å². The summed E-state index contributed by atoms with van der Waals surface area (Å²) >= 11 is 0. The van der Waals surface area contributed by atoms with E-state index in [-0.39, 0.29) is 0 Å². The molecule has 12 rings (SSSR count). The molecular formula is C51H29N3O3. The van der Waals surface area contributed by atoms with E-state index in [0.717, 1.165) is 105 Å². The Morgan fingerprint density at radius 1 is 0.263 bits per heavy atom. The number of furan rings is 3. The number of para-hydroxylation sites is 2. The van der Waals surface area contributed by atoms with Crippen LogP contribution in [-0.4, -0.2) is 15.0 Å². The highest BCUT2D eigenvalue weighted by molar-refractivity contribution is 6.15. The second kappa shape index (κ2) is 12.3. The summed E-state index contributed by atoms with van der Waals surface area (Å²) < 4.78 is 19.0. The third kappa shape index (κ3) is 5.08. The summed E-state index contributed by atoms with van der Waals surface area (Å²) in [6, 6.07) is 60.0. The average molecular weight is 732 g/mol. The van der Waals surface area contributed by atoms with E-state index < -0.39 is 0 Å². The van der Waals surface area contributed by atoms with Crippen LogP contribution in [0.1, 0.15) is 0 Å². The second-order valence-corrected chi connectivity index (χ2v) is 14.3. The van der Waals surface area contributed by atoms with Gasteiger partial charge in [0.05, 0.1) is 0 Å². The fraction of sp³-hybridized carbons (Fsp3) is 0. The fourth-order valence-electron chi connectivity index (χ4n) is 8.27. The molecule has 0 saturated carbocycles. The molecule has 12 aromatic rings. The first-order chi connectivity index (χ1) is 28.2. The quantitative estimate of drug-likeness (QED) is 0.175. The van der Waals surface area contributed by atoms with Crippen molar-refractivity contribution in [2.75, 3.05) is 0 Å². The Bertz CT molecular complexity index is 3540. The van der Waals surface area contributed by atoms with E-state index in [1.165, 1.54) is 0 Å². The van der Waals surface area contributed by atoms with Crippen molar-refractivity contribution >= 4 is 65.8 Å². The van der Waals surface area contributed by atoms with Crippen LogP contribution in [-0.2, 0) is 0 Å². The smallest absolute Gasteiger partial charge is 0.164 e. The van der Waals surface area contributed by atoms with Gasteiger partial charge in [-0.25, -0.2) is 15.0 Å². The summed E-state index contributed by atoms with van der Waals surface area (Å²) in [6.07, 6.45) is 0. The number of hydrogen-bond donors (Lipinski definition) is 0. The van der Waals surface area contributed by atoms with E-state index >= 15 is 0 Å². The Balaban J connectivity index is 0.993. The molecule has 8 aromatic carbocycles. The van der Waals surface area contributed by atoms with Crippen LogP contribution in [0.15, 0.2) is 189 Å². The molecule has 6 nitrogen and oxygen atoms in total. The topological polar surface area (TPSA) is 78.1 Å². The lowest BCUT2D eigenvalue weighted by molar-refractivity contribution is 0.668. The van der Waals surface area contributed by atoms with Crippen molar-refractivity contribution in [3.63, 3.8) is 0 Å². The van der Waals surface area contributed by atoms with E-state index in [0.29, 0.717) is 17.5 Å². The summed E-state index contributed by atoms with van der Waals surface area (Å²) in [5, 5.41) is 6.42. The normalized spacial score (nSPS) is 11.9. The third-order valence-corrected chi connectivity index (χ3v) is 11.0. The molecule has 0 aliphatic rings. The van der Waals surface area contributed by atoms with Crippen molar-refractivity contribution in [2.45, 2.75) is 0 Å². The summed E-state index contributed by atoms with van der Waals surface area (Å²) in [6.45, 7) is 0. The van der Waals surface area contributed by atoms with Crippen molar-refractivity contribution in [3.8, 4) is 56.4 Å². The van der Waals surface area contributed by atoms with Gasteiger partial charge < -0.3 is 13.3 Å². The zero-order valence-corrected chi connectivity index (χ0v) is 30.3. The maximum absolute atomic E-state index is 6.63. The van der Waals surface area contributed by atoms with Crippen molar-refractivity contribution in [1.29, 1.82) is 0 Å². The van der Waals surface area contributed by atoms with Gasteiger partial charge >= 0.3 is 0 Å². The molecule has 0 fully saturated rings. The van der Waals surface area contributed by atoms with Crippen molar-refractivity contribution in [3.05, 3.63) is 176 Å². The molecule has 6 heteroatoms. The molecule has 0 aliphatic heterocycles. The molecule has 0 aliphatic carbocycles.